The molecule has 0 bridgehead atoms. The van der Waals surface area contributed by atoms with Crippen LogP contribution in [-0.4, -0.2) is 38.7 Å². The highest BCUT2D eigenvalue weighted by Crippen LogP contribution is 2.34. The molecular weight excluding hydrogens is 398 g/mol. The second-order valence-corrected chi connectivity index (χ2v) is 9.53. The molecule has 4 heterocycles. The molecule has 27 heavy (non-hydrogen) atoms. The molecular formula is C19H21N3O2S3. The summed E-state index contributed by atoms with van der Waals surface area (Å²) in [4.78, 5) is 34.0. The van der Waals surface area contributed by atoms with Crippen molar-refractivity contribution in [3.05, 3.63) is 33.2 Å². The van der Waals surface area contributed by atoms with Crippen LogP contribution < -0.4 is 5.56 Å². The Morgan fingerprint density at radius 1 is 1.37 bits per heavy atom. The Bertz CT molecular complexity index is 1020. The molecule has 1 fully saturated rings. The number of carbonyl (C=O) groups excluding carboxylic acids is 1. The van der Waals surface area contributed by atoms with E-state index >= 15 is 0 Å². The van der Waals surface area contributed by atoms with E-state index < -0.39 is 0 Å². The Morgan fingerprint density at radius 3 is 2.96 bits per heavy atom. The molecule has 0 radical (unpaired) electrons. The fourth-order valence-electron chi connectivity index (χ4n) is 3.47. The van der Waals surface area contributed by atoms with Crippen molar-refractivity contribution in [2.24, 2.45) is 7.05 Å². The van der Waals surface area contributed by atoms with Crippen LogP contribution in [-0.2, 0) is 11.8 Å². The summed E-state index contributed by atoms with van der Waals surface area (Å²) in [5.41, 5.74) is 0.902. The molecule has 3 aromatic heterocycles. The number of thioether (sulfide) groups is 1. The van der Waals surface area contributed by atoms with E-state index in [-0.39, 0.29) is 11.5 Å². The van der Waals surface area contributed by atoms with E-state index in [0.29, 0.717) is 22.3 Å². The van der Waals surface area contributed by atoms with Crippen molar-refractivity contribution in [3.8, 4) is 10.4 Å². The van der Waals surface area contributed by atoms with Gasteiger partial charge in [0.15, 0.2) is 5.16 Å². The van der Waals surface area contributed by atoms with E-state index in [1.807, 2.05) is 27.8 Å². The van der Waals surface area contributed by atoms with Crippen molar-refractivity contribution in [1.29, 1.82) is 0 Å². The van der Waals surface area contributed by atoms with Crippen LogP contribution in [0.15, 0.2) is 32.8 Å². The predicted molar refractivity (Wildman–Crippen MR) is 114 cm³/mol. The molecule has 8 heteroatoms. The largest absolute Gasteiger partial charge is 0.339 e. The van der Waals surface area contributed by atoms with Gasteiger partial charge in [0.25, 0.3) is 5.56 Å². The molecule has 0 N–H and O–H groups in total. The van der Waals surface area contributed by atoms with Crippen LogP contribution in [0, 0.1) is 0 Å². The number of thiophene rings is 2. The van der Waals surface area contributed by atoms with Crippen molar-refractivity contribution in [3.63, 3.8) is 0 Å². The third-order valence-corrected chi connectivity index (χ3v) is 7.80. The summed E-state index contributed by atoms with van der Waals surface area (Å²) in [6.07, 6.45) is 3.33. The Morgan fingerprint density at radius 2 is 2.22 bits per heavy atom. The molecule has 142 valence electrons. The van der Waals surface area contributed by atoms with Gasteiger partial charge in [-0.05, 0) is 37.6 Å². The number of carbonyl (C=O) groups is 1. The molecule has 0 saturated carbocycles. The number of aromatic nitrogens is 2. The highest BCUT2D eigenvalue weighted by molar-refractivity contribution is 7.99. The zero-order valence-corrected chi connectivity index (χ0v) is 17.8. The van der Waals surface area contributed by atoms with E-state index in [0.717, 1.165) is 34.7 Å². The second-order valence-electron chi connectivity index (χ2n) is 6.79. The highest BCUT2D eigenvalue weighted by Gasteiger charge is 2.24. The maximum absolute atomic E-state index is 13.0. The number of hydrogen-bond donors (Lipinski definition) is 0. The molecule has 3 aromatic rings. The fourth-order valence-corrected chi connectivity index (χ4v) is 6.13. The third-order valence-electron chi connectivity index (χ3n) is 5.01. The van der Waals surface area contributed by atoms with E-state index in [1.165, 1.54) is 29.5 Å². The topological polar surface area (TPSA) is 55.2 Å². The monoisotopic (exact) mass is 419 g/mol. The summed E-state index contributed by atoms with van der Waals surface area (Å²) in [5.74, 6) is 0.450. The van der Waals surface area contributed by atoms with Crippen molar-refractivity contribution in [2.75, 3.05) is 12.3 Å². The molecule has 1 atom stereocenters. The molecule has 1 aliphatic heterocycles. The van der Waals surface area contributed by atoms with Crippen molar-refractivity contribution in [1.82, 2.24) is 14.5 Å². The molecule has 1 saturated heterocycles. The van der Waals surface area contributed by atoms with Crippen LogP contribution in [0.2, 0.25) is 0 Å². The molecule has 0 spiro atoms. The second kappa shape index (κ2) is 7.77. The number of rotatable bonds is 4. The quantitative estimate of drug-likeness (QED) is 0.469. The van der Waals surface area contributed by atoms with Gasteiger partial charge >= 0.3 is 0 Å². The van der Waals surface area contributed by atoms with E-state index in [9.17, 15) is 9.59 Å². The normalized spacial score (nSPS) is 17.6. The lowest BCUT2D eigenvalue weighted by atomic mass is 10.0. The van der Waals surface area contributed by atoms with Crippen molar-refractivity contribution < 1.29 is 4.79 Å². The molecule has 1 unspecified atom stereocenters. The first-order chi connectivity index (χ1) is 13.1. The van der Waals surface area contributed by atoms with Crippen molar-refractivity contribution in [2.45, 2.75) is 37.4 Å². The summed E-state index contributed by atoms with van der Waals surface area (Å²) >= 11 is 4.46. The maximum Gasteiger partial charge on any atom is 0.263 e. The zero-order valence-electron chi connectivity index (χ0n) is 15.3. The smallest absolute Gasteiger partial charge is 0.263 e. The molecule has 5 nitrogen and oxygen atoms in total. The summed E-state index contributed by atoms with van der Waals surface area (Å²) in [6, 6.07) is 4.31. The number of nitrogens with zero attached hydrogens (tertiary/aromatic N) is 3. The number of likely N-dealkylation sites (tertiary alicyclic amines) is 1. The zero-order chi connectivity index (χ0) is 19.0. The molecule has 1 aliphatic rings. The van der Waals surface area contributed by atoms with Gasteiger partial charge in [-0.3, -0.25) is 14.2 Å². The summed E-state index contributed by atoms with van der Waals surface area (Å²) in [6.45, 7) is 2.95. The average Bonchev–Trinajstić information content (AvgIpc) is 3.33. The van der Waals surface area contributed by atoms with E-state index in [4.69, 9.17) is 0 Å². The van der Waals surface area contributed by atoms with Gasteiger partial charge in [-0.15, -0.1) is 22.7 Å². The van der Waals surface area contributed by atoms with Crippen LogP contribution in [0.5, 0.6) is 0 Å². The van der Waals surface area contributed by atoms with Crippen LogP contribution in [0.1, 0.15) is 26.2 Å². The predicted octanol–water partition coefficient (Wildman–Crippen LogP) is 4.22. The lowest BCUT2D eigenvalue weighted by Crippen LogP contribution is -2.43. The minimum Gasteiger partial charge on any atom is -0.339 e. The average molecular weight is 420 g/mol. The minimum absolute atomic E-state index is 0.0501. The summed E-state index contributed by atoms with van der Waals surface area (Å²) < 4.78 is 1.57. The first-order valence-corrected chi connectivity index (χ1v) is 11.7. The number of piperidine rings is 1. The van der Waals surface area contributed by atoms with Crippen molar-refractivity contribution >= 4 is 50.6 Å². The maximum atomic E-state index is 13.0. The SMILES string of the molecule is CC1CCCCN1C(=O)CSc1nc2scc(-c3cccs3)c2c(=O)n1C. The Kier molecular flexibility index (Phi) is 5.39. The van der Waals surface area contributed by atoms with E-state index in [1.54, 1.807) is 23.0 Å². The molecule has 0 aromatic carbocycles. The Labute approximate surface area is 170 Å². The van der Waals surface area contributed by atoms with Gasteiger partial charge in [-0.25, -0.2) is 4.98 Å². The van der Waals surface area contributed by atoms with Crippen LogP contribution in [0.3, 0.4) is 0 Å². The summed E-state index contributed by atoms with van der Waals surface area (Å²) in [7, 11) is 1.74. The molecule has 0 aliphatic carbocycles. The van der Waals surface area contributed by atoms with E-state index in [2.05, 4.69) is 11.9 Å². The van der Waals surface area contributed by atoms with Gasteiger partial charge in [0, 0.05) is 35.5 Å². The lowest BCUT2D eigenvalue weighted by molar-refractivity contribution is -0.131. The van der Waals surface area contributed by atoms with Gasteiger partial charge in [-0.2, -0.15) is 0 Å². The van der Waals surface area contributed by atoms with Gasteiger partial charge in [0.05, 0.1) is 11.1 Å². The number of fused-ring (bicyclic) bond motifs is 1. The fraction of sp³-hybridized carbons (Fsp3) is 0.421. The van der Waals surface area contributed by atoms with Gasteiger partial charge in [0.2, 0.25) is 5.91 Å². The summed E-state index contributed by atoms with van der Waals surface area (Å²) in [5, 5.41) is 5.28. The van der Waals surface area contributed by atoms with Crippen LogP contribution in [0.25, 0.3) is 20.7 Å². The number of hydrogen-bond acceptors (Lipinski definition) is 6. The van der Waals surface area contributed by atoms with Crippen LogP contribution >= 0.6 is 34.4 Å². The standard InChI is InChI=1S/C19H21N3O2S3/c1-12-6-3-4-8-22(12)15(23)11-27-19-20-17-16(18(24)21(19)2)13(10-26-17)14-7-5-9-25-14/h5,7,9-10,12H,3-4,6,8,11H2,1-2H3. The van der Waals surface area contributed by atoms with Gasteiger partial charge in [0.1, 0.15) is 4.83 Å². The van der Waals surface area contributed by atoms with Crippen LogP contribution in [0.4, 0.5) is 0 Å². The first-order valence-electron chi connectivity index (χ1n) is 9.00. The van der Waals surface area contributed by atoms with Gasteiger partial charge < -0.3 is 4.90 Å². The lowest BCUT2D eigenvalue weighted by Gasteiger charge is -2.33. The Hall–Kier alpha value is -1.64. The molecule has 1 amide bonds. The third kappa shape index (κ3) is 3.58. The minimum atomic E-state index is -0.0501. The highest BCUT2D eigenvalue weighted by atomic mass is 32.2. The molecule has 4 rings (SSSR count). The first kappa shape index (κ1) is 18.7. The van der Waals surface area contributed by atoms with Gasteiger partial charge in [-0.1, -0.05) is 17.8 Å². The number of amides is 1. The Balaban J connectivity index is 1.59.